The molecular formula is C19H20N2O3. The first-order valence-electron chi connectivity index (χ1n) is 7.90. The summed E-state index contributed by atoms with van der Waals surface area (Å²) >= 11 is 0. The lowest BCUT2D eigenvalue weighted by Gasteiger charge is -2.18. The highest BCUT2D eigenvalue weighted by Gasteiger charge is 2.37. The van der Waals surface area contributed by atoms with E-state index >= 15 is 0 Å². The van der Waals surface area contributed by atoms with Crippen LogP contribution in [-0.4, -0.2) is 25.5 Å². The number of hydrogen-bond acceptors (Lipinski definition) is 3. The summed E-state index contributed by atoms with van der Waals surface area (Å²) < 4.78 is 5.25. The van der Waals surface area contributed by atoms with E-state index < -0.39 is 6.04 Å². The summed E-state index contributed by atoms with van der Waals surface area (Å²) in [4.78, 5) is 26.0. The molecule has 24 heavy (non-hydrogen) atoms. The van der Waals surface area contributed by atoms with Crippen LogP contribution in [0.25, 0.3) is 0 Å². The highest BCUT2D eigenvalue weighted by Crippen LogP contribution is 2.38. The van der Waals surface area contributed by atoms with Crippen molar-refractivity contribution in [3.8, 4) is 5.75 Å². The van der Waals surface area contributed by atoms with Gasteiger partial charge in [0, 0.05) is 24.7 Å². The van der Waals surface area contributed by atoms with Crippen LogP contribution in [0.2, 0.25) is 0 Å². The lowest BCUT2D eigenvalue weighted by molar-refractivity contribution is -0.126. The predicted octanol–water partition coefficient (Wildman–Crippen LogP) is 2.46. The average molecular weight is 324 g/mol. The zero-order chi connectivity index (χ0) is 17.1. The first-order chi connectivity index (χ1) is 11.6. The summed E-state index contributed by atoms with van der Waals surface area (Å²) in [6.07, 6.45) is 0.755. The Morgan fingerprint density at radius 3 is 2.62 bits per heavy atom. The summed E-state index contributed by atoms with van der Waals surface area (Å²) in [6, 6.07) is 14.9. The first-order valence-corrected chi connectivity index (χ1v) is 7.90. The minimum Gasteiger partial charge on any atom is -0.497 e. The molecule has 0 aliphatic carbocycles. The van der Waals surface area contributed by atoms with Crippen molar-refractivity contribution in [2.75, 3.05) is 18.6 Å². The number of amides is 2. The van der Waals surface area contributed by atoms with Crippen molar-refractivity contribution in [1.29, 1.82) is 0 Å². The number of fused-ring (bicyclic) bond motifs is 1. The summed E-state index contributed by atoms with van der Waals surface area (Å²) in [7, 11) is 1.58. The van der Waals surface area contributed by atoms with E-state index in [0.717, 1.165) is 17.7 Å². The monoisotopic (exact) mass is 324 g/mol. The van der Waals surface area contributed by atoms with Crippen LogP contribution in [0.15, 0.2) is 48.5 Å². The number of ether oxygens (including phenoxy) is 1. The maximum absolute atomic E-state index is 12.8. The van der Waals surface area contributed by atoms with E-state index in [1.54, 1.807) is 12.0 Å². The molecule has 0 bridgehead atoms. The standard InChI is InChI=1S/C19H20N2O3/c1-13(22)20-18-16-12-15(24-2)8-9-17(16)21(19(18)23)11-10-14-6-4-3-5-7-14/h3-9,12,18H,10-11H2,1-2H3,(H,20,22)/t18-/m0/s1. The Morgan fingerprint density at radius 2 is 1.96 bits per heavy atom. The van der Waals surface area contributed by atoms with Crippen LogP contribution < -0.4 is 15.0 Å². The second kappa shape index (κ2) is 6.74. The Kier molecular flexibility index (Phi) is 4.51. The van der Waals surface area contributed by atoms with Gasteiger partial charge in [-0.2, -0.15) is 0 Å². The van der Waals surface area contributed by atoms with E-state index in [0.29, 0.717) is 12.3 Å². The first kappa shape index (κ1) is 16.1. The van der Waals surface area contributed by atoms with Gasteiger partial charge in [-0.25, -0.2) is 0 Å². The number of carbonyl (C=O) groups is 2. The molecule has 1 heterocycles. The third-order valence-corrected chi connectivity index (χ3v) is 4.16. The lowest BCUT2D eigenvalue weighted by atomic mass is 10.1. The second-order valence-corrected chi connectivity index (χ2v) is 5.78. The van der Waals surface area contributed by atoms with Gasteiger partial charge in [-0.05, 0) is 30.2 Å². The Hall–Kier alpha value is -2.82. The zero-order valence-electron chi connectivity index (χ0n) is 13.8. The predicted molar refractivity (Wildman–Crippen MR) is 92.1 cm³/mol. The molecule has 1 atom stereocenters. The SMILES string of the molecule is COc1ccc2c(c1)[C@H](NC(C)=O)C(=O)N2CCc1ccccc1. The van der Waals surface area contributed by atoms with Crippen LogP contribution >= 0.6 is 0 Å². The zero-order valence-corrected chi connectivity index (χ0v) is 13.8. The quantitative estimate of drug-likeness (QED) is 0.919. The Balaban J connectivity index is 1.87. The number of nitrogens with zero attached hydrogens (tertiary/aromatic N) is 1. The molecule has 1 aliphatic heterocycles. The van der Waals surface area contributed by atoms with Crippen LogP contribution in [0.3, 0.4) is 0 Å². The molecule has 0 unspecified atom stereocenters. The molecule has 0 radical (unpaired) electrons. The Morgan fingerprint density at radius 1 is 1.21 bits per heavy atom. The maximum atomic E-state index is 12.8. The van der Waals surface area contributed by atoms with Gasteiger partial charge in [0.25, 0.3) is 5.91 Å². The molecule has 5 nitrogen and oxygen atoms in total. The van der Waals surface area contributed by atoms with Gasteiger partial charge in [0.15, 0.2) is 0 Å². The van der Waals surface area contributed by atoms with Gasteiger partial charge in [0.1, 0.15) is 11.8 Å². The van der Waals surface area contributed by atoms with E-state index in [4.69, 9.17) is 4.74 Å². The number of carbonyl (C=O) groups excluding carboxylic acids is 2. The number of methoxy groups -OCH3 is 1. The maximum Gasteiger partial charge on any atom is 0.254 e. The van der Waals surface area contributed by atoms with Gasteiger partial charge >= 0.3 is 0 Å². The van der Waals surface area contributed by atoms with Crippen LogP contribution in [0.1, 0.15) is 24.1 Å². The summed E-state index contributed by atoms with van der Waals surface area (Å²) in [5.41, 5.74) is 2.78. The van der Waals surface area contributed by atoms with Crippen LogP contribution in [0, 0.1) is 0 Å². The topological polar surface area (TPSA) is 58.6 Å². The van der Waals surface area contributed by atoms with Crippen LogP contribution in [-0.2, 0) is 16.0 Å². The van der Waals surface area contributed by atoms with Crippen molar-refractivity contribution in [3.05, 3.63) is 59.7 Å². The molecule has 5 heteroatoms. The van der Waals surface area contributed by atoms with E-state index in [1.165, 1.54) is 12.5 Å². The van der Waals surface area contributed by atoms with Gasteiger partial charge in [-0.3, -0.25) is 9.59 Å². The van der Waals surface area contributed by atoms with Crippen molar-refractivity contribution in [2.45, 2.75) is 19.4 Å². The van der Waals surface area contributed by atoms with Crippen molar-refractivity contribution < 1.29 is 14.3 Å². The number of benzene rings is 2. The molecule has 0 spiro atoms. The van der Waals surface area contributed by atoms with Gasteiger partial charge < -0.3 is 15.0 Å². The Bertz CT molecular complexity index is 758. The fourth-order valence-electron chi connectivity index (χ4n) is 3.00. The molecule has 2 amide bonds. The van der Waals surface area contributed by atoms with Crippen molar-refractivity contribution >= 4 is 17.5 Å². The van der Waals surface area contributed by atoms with Gasteiger partial charge in [0.2, 0.25) is 5.91 Å². The van der Waals surface area contributed by atoms with Gasteiger partial charge in [0.05, 0.1) is 7.11 Å². The fraction of sp³-hybridized carbons (Fsp3) is 0.263. The molecule has 0 saturated carbocycles. The molecule has 2 aromatic rings. The highest BCUT2D eigenvalue weighted by atomic mass is 16.5. The van der Waals surface area contributed by atoms with E-state index in [1.807, 2.05) is 48.5 Å². The van der Waals surface area contributed by atoms with E-state index in [9.17, 15) is 9.59 Å². The van der Waals surface area contributed by atoms with Gasteiger partial charge in [-0.15, -0.1) is 0 Å². The minimum absolute atomic E-state index is 0.107. The van der Waals surface area contributed by atoms with Crippen molar-refractivity contribution in [2.24, 2.45) is 0 Å². The van der Waals surface area contributed by atoms with E-state index in [-0.39, 0.29) is 11.8 Å². The third-order valence-electron chi connectivity index (χ3n) is 4.16. The fourth-order valence-corrected chi connectivity index (χ4v) is 3.00. The average Bonchev–Trinajstić information content (AvgIpc) is 2.85. The lowest BCUT2D eigenvalue weighted by Crippen LogP contribution is -2.37. The van der Waals surface area contributed by atoms with Gasteiger partial charge in [-0.1, -0.05) is 30.3 Å². The summed E-state index contributed by atoms with van der Waals surface area (Å²) in [6.45, 7) is 1.98. The largest absolute Gasteiger partial charge is 0.497 e. The molecule has 3 rings (SSSR count). The second-order valence-electron chi connectivity index (χ2n) is 5.78. The smallest absolute Gasteiger partial charge is 0.254 e. The van der Waals surface area contributed by atoms with Crippen LogP contribution in [0.4, 0.5) is 5.69 Å². The third kappa shape index (κ3) is 3.11. The summed E-state index contributed by atoms with van der Waals surface area (Å²) in [5.74, 6) is 0.332. The number of hydrogen-bond donors (Lipinski definition) is 1. The molecule has 2 aromatic carbocycles. The number of rotatable bonds is 5. The molecule has 124 valence electrons. The molecule has 1 N–H and O–H groups in total. The number of anilines is 1. The number of nitrogens with one attached hydrogen (secondary N) is 1. The van der Waals surface area contributed by atoms with Crippen molar-refractivity contribution in [3.63, 3.8) is 0 Å². The van der Waals surface area contributed by atoms with E-state index in [2.05, 4.69) is 5.32 Å². The summed E-state index contributed by atoms with van der Waals surface area (Å²) in [5, 5.41) is 2.74. The van der Waals surface area contributed by atoms with Crippen molar-refractivity contribution in [1.82, 2.24) is 5.32 Å². The molecule has 0 fully saturated rings. The minimum atomic E-state index is -0.650. The molecule has 1 aliphatic rings. The molecular weight excluding hydrogens is 304 g/mol. The molecule has 0 aromatic heterocycles. The Labute approximate surface area is 141 Å². The van der Waals surface area contributed by atoms with Crippen LogP contribution in [0.5, 0.6) is 5.75 Å². The normalized spacial score (nSPS) is 16.0. The molecule has 0 saturated heterocycles. The highest BCUT2D eigenvalue weighted by molar-refractivity contribution is 6.06.